The van der Waals surface area contributed by atoms with E-state index in [1.807, 2.05) is 54.6 Å². The lowest BCUT2D eigenvalue weighted by Gasteiger charge is -2.21. The number of hydrogen-bond acceptors (Lipinski definition) is 3. The Morgan fingerprint density at radius 1 is 1.17 bits per heavy atom. The minimum atomic E-state index is -0.136. The van der Waals surface area contributed by atoms with Crippen LogP contribution in [-0.2, 0) is 6.54 Å². The van der Waals surface area contributed by atoms with Gasteiger partial charge < -0.3 is 19.7 Å². The standard InChI is InChI=1S/C19H20N2O3/c1-24-16-7-8-17-15(11-16)12-18(20-17)19(23)21(9-10-22)13-14-5-3-2-4-6-14/h2-8,11-12,20,22H,9-10,13H2,1H3. The second-order valence-corrected chi connectivity index (χ2v) is 5.57. The molecule has 0 aliphatic carbocycles. The lowest BCUT2D eigenvalue weighted by molar-refractivity contribution is 0.0703. The van der Waals surface area contributed by atoms with Gasteiger partial charge in [0.2, 0.25) is 0 Å². The third-order valence-corrected chi connectivity index (χ3v) is 3.93. The number of aliphatic hydroxyl groups excluding tert-OH is 1. The molecule has 0 bridgehead atoms. The summed E-state index contributed by atoms with van der Waals surface area (Å²) in [7, 11) is 1.61. The average Bonchev–Trinajstić information content (AvgIpc) is 3.04. The normalized spacial score (nSPS) is 10.8. The molecule has 5 nitrogen and oxygen atoms in total. The number of carbonyl (C=O) groups excluding carboxylic acids is 1. The lowest BCUT2D eigenvalue weighted by atomic mass is 10.2. The number of carbonyl (C=O) groups is 1. The number of methoxy groups -OCH3 is 1. The van der Waals surface area contributed by atoms with Crippen LogP contribution in [0.15, 0.2) is 54.6 Å². The Morgan fingerprint density at radius 3 is 2.67 bits per heavy atom. The van der Waals surface area contributed by atoms with Gasteiger partial charge in [0.15, 0.2) is 0 Å². The predicted molar refractivity (Wildman–Crippen MR) is 93.1 cm³/mol. The van der Waals surface area contributed by atoms with Crippen molar-refractivity contribution in [3.8, 4) is 5.75 Å². The highest BCUT2D eigenvalue weighted by atomic mass is 16.5. The van der Waals surface area contributed by atoms with Crippen LogP contribution in [0.2, 0.25) is 0 Å². The van der Waals surface area contributed by atoms with E-state index in [2.05, 4.69) is 4.98 Å². The fourth-order valence-corrected chi connectivity index (χ4v) is 2.70. The summed E-state index contributed by atoms with van der Waals surface area (Å²) in [6, 6.07) is 17.2. The van der Waals surface area contributed by atoms with Gasteiger partial charge in [0.25, 0.3) is 5.91 Å². The van der Waals surface area contributed by atoms with E-state index in [0.717, 1.165) is 22.2 Å². The monoisotopic (exact) mass is 324 g/mol. The highest BCUT2D eigenvalue weighted by Crippen LogP contribution is 2.22. The summed E-state index contributed by atoms with van der Waals surface area (Å²) in [5, 5.41) is 10.2. The van der Waals surface area contributed by atoms with Crippen LogP contribution in [0.4, 0.5) is 0 Å². The van der Waals surface area contributed by atoms with Crippen molar-refractivity contribution in [2.24, 2.45) is 0 Å². The van der Waals surface area contributed by atoms with Gasteiger partial charge in [0.1, 0.15) is 11.4 Å². The number of fused-ring (bicyclic) bond motifs is 1. The Morgan fingerprint density at radius 2 is 1.96 bits per heavy atom. The number of aliphatic hydroxyl groups is 1. The second-order valence-electron chi connectivity index (χ2n) is 5.57. The number of amides is 1. The first kappa shape index (κ1) is 16.1. The van der Waals surface area contributed by atoms with Crippen LogP contribution in [0.1, 0.15) is 16.1 Å². The first-order valence-electron chi connectivity index (χ1n) is 7.82. The third kappa shape index (κ3) is 3.41. The van der Waals surface area contributed by atoms with Gasteiger partial charge >= 0.3 is 0 Å². The Balaban J connectivity index is 1.86. The molecule has 0 fully saturated rings. The van der Waals surface area contributed by atoms with Crippen molar-refractivity contribution >= 4 is 16.8 Å². The molecule has 1 heterocycles. The van der Waals surface area contributed by atoms with Crippen LogP contribution in [0, 0.1) is 0 Å². The molecule has 124 valence electrons. The van der Waals surface area contributed by atoms with Gasteiger partial charge in [-0.05, 0) is 29.8 Å². The van der Waals surface area contributed by atoms with E-state index in [1.54, 1.807) is 12.0 Å². The predicted octanol–water partition coefficient (Wildman–Crippen LogP) is 2.81. The summed E-state index contributed by atoms with van der Waals surface area (Å²) in [6.45, 7) is 0.665. The van der Waals surface area contributed by atoms with E-state index < -0.39 is 0 Å². The number of H-pyrrole nitrogens is 1. The van der Waals surface area contributed by atoms with Gasteiger partial charge in [-0.2, -0.15) is 0 Å². The SMILES string of the molecule is COc1ccc2[nH]c(C(=O)N(CCO)Cc3ccccc3)cc2c1. The number of benzene rings is 2. The Kier molecular flexibility index (Phi) is 4.82. The van der Waals surface area contributed by atoms with Gasteiger partial charge in [-0.1, -0.05) is 30.3 Å². The molecule has 3 aromatic rings. The zero-order valence-corrected chi connectivity index (χ0v) is 13.5. The molecule has 24 heavy (non-hydrogen) atoms. The van der Waals surface area contributed by atoms with Crippen molar-refractivity contribution in [3.63, 3.8) is 0 Å². The fraction of sp³-hybridized carbons (Fsp3) is 0.211. The maximum atomic E-state index is 12.8. The molecular formula is C19H20N2O3. The van der Waals surface area contributed by atoms with Gasteiger partial charge in [-0.25, -0.2) is 0 Å². The molecule has 0 radical (unpaired) electrons. The summed E-state index contributed by atoms with van der Waals surface area (Å²) >= 11 is 0. The quantitative estimate of drug-likeness (QED) is 0.733. The van der Waals surface area contributed by atoms with Crippen molar-refractivity contribution in [3.05, 3.63) is 65.9 Å². The van der Waals surface area contributed by atoms with Crippen LogP contribution in [-0.4, -0.2) is 41.2 Å². The van der Waals surface area contributed by atoms with Crippen LogP contribution < -0.4 is 4.74 Å². The number of aromatic nitrogens is 1. The molecule has 0 saturated carbocycles. The van der Waals surface area contributed by atoms with Crippen molar-refractivity contribution in [1.82, 2.24) is 9.88 Å². The van der Waals surface area contributed by atoms with E-state index >= 15 is 0 Å². The highest BCUT2D eigenvalue weighted by molar-refractivity contribution is 5.98. The van der Waals surface area contributed by atoms with Gasteiger partial charge in [-0.3, -0.25) is 4.79 Å². The molecule has 1 amide bonds. The molecule has 0 saturated heterocycles. The first-order chi connectivity index (χ1) is 11.7. The van der Waals surface area contributed by atoms with Gasteiger partial charge in [0, 0.05) is 24.0 Å². The zero-order chi connectivity index (χ0) is 16.9. The average molecular weight is 324 g/mol. The topological polar surface area (TPSA) is 65.6 Å². The largest absolute Gasteiger partial charge is 0.497 e. The minimum absolute atomic E-state index is 0.0768. The molecule has 3 rings (SSSR count). The molecule has 2 aromatic carbocycles. The van der Waals surface area contributed by atoms with Crippen molar-refractivity contribution in [1.29, 1.82) is 0 Å². The highest BCUT2D eigenvalue weighted by Gasteiger charge is 2.18. The molecular weight excluding hydrogens is 304 g/mol. The van der Waals surface area contributed by atoms with E-state index in [9.17, 15) is 9.90 Å². The summed E-state index contributed by atoms with van der Waals surface area (Å²) in [4.78, 5) is 17.6. The Hall–Kier alpha value is -2.79. The maximum Gasteiger partial charge on any atom is 0.270 e. The maximum absolute atomic E-state index is 12.8. The number of nitrogens with one attached hydrogen (secondary N) is 1. The van der Waals surface area contributed by atoms with E-state index in [4.69, 9.17) is 4.74 Å². The third-order valence-electron chi connectivity index (χ3n) is 3.93. The van der Waals surface area contributed by atoms with Crippen LogP contribution in [0.25, 0.3) is 10.9 Å². The van der Waals surface area contributed by atoms with Crippen LogP contribution in [0.3, 0.4) is 0 Å². The number of hydrogen-bond donors (Lipinski definition) is 2. The smallest absolute Gasteiger partial charge is 0.270 e. The summed E-state index contributed by atoms with van der Waals surface area (Å²) in [5.41, 5.74) is 2.41. The second kappa shape index (κ2) is 7.19. The molecule has 0 spiro atoms. The fourth-order valence-electron chi connectivity index (χ4n) is 2.70. The number of nitrogens with zero attached hydrogens (tertiary/aromatic N) is 1. The lowest BCUT2D eigenvalue weighted by Crippen LogP contribution is -2.33. The molecule has 0 aliphatic rings. The minimum Gasteiger partial charge on any atom is -0.497 e. The molecule has 0 unspecified atom stereocenters. The van der Waals surface area contributed by atoms with Crippen LogP contribution in [0.5, 0.6) is 5.75 Å². The van der Waals surface area contributed by atoms with Gasteiger partial charge in [-0.15, -0.1) is 0 Å². The molecule has 2 N–H and O–H groups in total. The van der Waals surface area contributed by atoms with Crippen molar-refractivity contribution in [2.75, 3.05) is 20.3 Å². The summed E-state index contributed by atoms with van der Waals surface area (Å²) in [5.74, 6) is 0.611. The molecule has 0 atom stereocenters. The van der Waals surface area contributed by atoms with Crippen molar-refractivity contribution < 1.29 is 14.6 Å². The molecule has 5 heteroatoms. The Bertz CT molecular complexity index is 827. The number of rotatable bonds is 6. The first-order valence-corrected chi connectivity index (χ1v) is 7.82. The molecule has 0 aliphatic heterocycles. The number of ether oxygens (including phenoxy) is 1. The summed E-state index contributed by atoms with van der Waals surface area (Å²) in [6.07, 6.45) is 0. The Labute approximate surface area is 140 Å². The summed E-state index contributed by atoms with van der Waals surface area (Å²) < 4.78 is 5.21. The number of aromatic amines is 1. The van der Waals surface area contributed by atoms with E-state index in [0.29, 0.717) is 12.2 Å². The zero-order valence-electron chi connectivity index (χ0n) is 13.5. The van der Waals surface area contributed by atoms with E-state index in [1.165, 1.54) is 0 Å². The van der Waals surface area contributed by atoms with Crippen molar-refractivity contribution in [2.45, 2.75) is 6.54 Å². The molecule has 1 aromatic heterocycles. The van der Waals surface area contributed by atoms with E-state index in [-0.39, 0.29) is 19.1 Å². The van der Waals surface area contributed by atoms with Gasteiger partial charge in [0.05, 0.1) is 13.7 Å². The van der Waals surface area contributed by atoms with Crippen LogP contribution >= 0.6 is 0 Å².